The molecule has 162 valence electrons. The van der Waals surface area contributed by atoms with Gasteiger partial charge >= 0.3 is 6.03 Å². The zero-order valence-corrected chi connectivity index (χ0v) is 17.4. The number of benzene rings is 3. The van der Waals surface area contributed by atoms with Crippen molar-refractivity contribution in [2.75, 3.05) is 12.4 Å². The van der Waals surface area contributed by atoms with Gasteiger partial charge in [0.05, 0.1) is 30.9 Å². The lowest BCUT2D eigenvalue weighted by Crippen LogP contribution is -2.35. The molecule has 32 heavy (non-hydrogen) atoms. The van der Waals surface area contributed by atoms with E-state index in [-0.39, 0.29) is 24.3 Å². The van der Waals surface area contributed by atoms with Gasteiger partial charge in [0.2, 0.25) is 0 Å². The third-order valence-electron chi connectivity index (χ3n) is 5.01. The van der Waals surface area contributed by atoms with Crippen molar-refractivity contribution in [1.82, 2.24) is 4.90 Å². The summed E-state index contributed by atoms with van der Waals surface area (Å²) in [4.78, 5) is 27.5. The third-order valence-corrected chi connectivity index (χ3v) is 5.01. The van der Waals surface area contributed by atoms with Gasteiger partial charge in [0.1, 0.15) is 17.1 Å². The molecule has 0 aliphatic carbocycles. The molecule has 1 heterocycles. The van der Waals surface area contributed by atoms with Crippen LogP contribution in [0.4, 0.5) is 14.9 Å². The number of methoxy groups -OCH3 is 1. The van der Waals surface area contributed by atoms with Gasteiger partial charge in [-0.1, -0.05) is 30.3 Å². The zero-order valence-electron chi connectivity index (χ0n) is 17.4. The fourth-order valence-corrected chi connectivity index (χ4v) is 3.35. The first-order valence-corrected chi connectivity index (χ1v) is 9.97. The molecule has 1 aromatic heterocycles. The van der Waals surface area contributed by atoms with Crippen LogP contribution >= 0.6 is 0 Å². The second-order valence-electron chi connectivity index (χ2n) is 7.23. The molecule has 0 spiro atoms. The Morgan fingerprint density at radius 3 is 2.59 bits per heavy atom. The van der Waals surface area contributed by atoms with Gasteiger partial charge in [-0.25, -0.2) is 9.18 Å². The van der Waals surface area contributed by atoms with Crippen molar-refractivity contribution in [3.63, 3.8) is 0 Å². The molecule has 0 radical (unpaired) electrons. The van der Waals surface area contributed by atoms with Crippen molar-refractivity contribution in [2.24, 2.45) is 0 Å². The van der Waals surface area contributed by atoms with Gasteiger partial charge in [0.25, 0.3) is 0 Å². The van der Waals surface area contributed by atoms with E-state index in [4.69, 9.17) is 9.15 Å². The molecular formula is C25H21FN2O4. The van der Waals surface area contributed by atoms with Crippen LogP contribution in [0.2, 0.25) is 0 Å². The predicted octanol–water partition coefficient (Wildman–Crippen LogP) is 5.18. The van der Waals surface area contributed by atoms with Crippen molar-refractivity contribution in [2.45, 2.75) is 13.1 Å². The summed E-state index contributed by atoms with van der Waals surface area (Å²) in [6.07, 6.45) is 1.38. The number of para-hydroxylation sites is 1. The minimum absolute atomic E-state index is 0.0142. The van der Waals surface area contributed by atoms with Gasteiger partial charge in [-0.2, -0.15) is 0 Å². The summed E-state index contributed by atoms with van der Waals surface area (Å²) >= 11 is 0. The lowest BCUT2D eigenvalue weighted by Gasteiger charge is -2.23. The highest BCUT2D eigenvalue weighted by Crippen LogP contribution is 2.19. The van der Waals surface area contributed by atoms with Crippen LogP contribution in [0.1, 0.15) is 11.1 Å². The lowest BCUT2D eigenvalue weighted by atomic mass is 10.1. The van der Waals surface area contributed by atoms with E-state index >= 15 is 0 Å². The Hall–Kier alpha value is -4.13. The summed E-state index contributed by atoms with van der Waals surface area (Å²) in [6, 6.07) is 19.3. The van der Waals surface area contributed by atoms with Crippen LogP contribution in [0.15, 0.2) is 88.3 Å². The second kappa shape index (κ2) is 9.34. The number of hydrogen-bond donors (Lipinski definition) is 1. The summed E-state index contributed by atoms with van der Waals surface area (Å²) in [5.41, 5.74) is 1.88. The van der Waals surface area contributed by atoms with Crippen LogP contribution in [0.25, 0.3) is 11.0 Å². The molecule has 0 aliphatic rings. The predicted molar refractivity (Wildman–Crippen MR) is 120 cm³/mol. The Labute approximate surface area is 183 Å². The van der Waals surface area contributed by atoms with Crippen molar-refractivity contribution >= 4 is 22.7 Å². The number of rotatable bonds is 6. The molecule has 3 aromatic carbocycles. The van der Waals surface area contributed by atoms with Gasteiger partial charge in [-0.05, 0) is 42.0 Å². The molecule has 4 rings (SSSR count). The number of nitrogens with one attached hydrogen (secondary N) is 1. The molecule has 0 saturated carbocycles. The Kier molecular flexibility index (Phi) is 6.17. The van der Waals surface area contributed by atoms with Crippen molar-refractivity contribution in [3.05, 3.63) is 106 Å². The molecule has 6 nitrogen and oxygen atoms in total. The zero-order chi connectivity index (χ0) is 22.5. The number of ether oxygens (including phenoxy) is 1. The van der Waals surface area contributed by atoms with Gasteiger partial charge in [0, 0.05) is 18.3 Å². The van der Waals surface area contributed by atoms with Crippen molar-refractivity contribution in [1.29, 1.82) is 0 Å². The molecule has 0 bridgehead atoms. The monoisotopic (exact) mass is 432 g/mol. The van der Waals surface area contributed by atoms with Crippen LogP contribution in [-0.4, -0.2) is 18.0 Å². The molecule has 2 amide bonds. The fraction of sp³-hybridized carbons (Fsp3) is 0.120. The maximum Gasteiger partial charge on any atom is 0.322 e. The number of amides is 2. The Bertz CT molecular complexity index is 1300. The average Bonchev–Trinajstić information content (AvgIpc) is 2.82. The number of anilines is 1. The number of carbonyl (C=O) groups excluding carboxylic acids is 1. The van der Waals surface area contributed by atoms with E-state index in [2.05, 4.69) is 5.32 Å². The van der Waals surface area contributed by atoms with E-state index in [1.165, 1.54) is 23.3 Å². The highest BCUT2D eigenvalue weighted by atomic mass is 19.1. The first-order chi connectivity index (χ1) is 15.5. The molecule has 4 aromatic rings. The molecule has 0 aliphatic heterocycles. The number of carbonyl (C=O) groups is 1. The van der Waals surface area contributed by atoms with Crippen LogP contribution in [0, 0.1) is 5.82 Å². The Morgan fingerprint density at radius 2 is 1.81 bits per heavy atom. The van der Waals surface area contributed by atoms with Gasteiger partial charge < -0.3 is 19.4 Å². The van der Waals surface area contributed by atoms with E-state index in [9.17, 15) is 14.0 Å². The standard InChI is InChI=1S/C25H21FN2O4/c1-31-21-6-4-5-20(13-21)27-25(30)28(14-17-9-11-19(26)12-10-17)15-18-16-32-23-8-3-2-7-22(23)24(18)29/h2-13,16H,14-15H2,1H3,(H,27,30). The largest absolute Gasteiger partial charge is 0.497 e. The minimum atomic E-state index is -0.421. The van der Waals surface area contributed by atoms with E-state index in [0.29, 0.717) is 28.0 Å². The molecular weight excluding hydrogens is 411 g/mol. The average molecular weight is 432 g/mol. The molecule has 0 saturated heterocycles. The van der Waals surface area contributed by atoms with Gasteiger partial charge in [-0.15, -0.1) is 0 Å². The molecule has 0 fully saturated rings. The number of nitrogens with zero attached hydrogens (tertiary/aromatic N) is 1. The molecule has 0 unspecified atom stereocenters. The number of urea groups is 1. The molecule has 0 atom stereocenters. The highest BCUT2D eigenvalue weighted by molar-refractivity contribution is 5.89. The van der Waals surface area contributed by atoms with E-state index in [0.717, 1.165) is 5.56 Å². The van der Waals surface area contributed by atoms with Crippen molar-refractivity contribution in [3.8, 4) is 5.75 Å². The number of halogens is 1. The Morgan fingerprint density at radius 1 is 1.03 bits per heavy atom. The van der Waals surface area contributed by atoms with Crippen LogP contribution in [-0.2, 0) is 13.1 Å². The smallest absolute Gasteiger partial charge is 0.322 e. The number of fused-ring (bicyclic) bond motifs is 1. The second-order valence-corrected chi connectivity index (χ2v) is 7.23. The summed E-state index contributed by atoms with van der Waals surface area (Å²) in [5.74, 6) is 0.236. The molecule has 7 heteroatoms. The third kappa shape index (κ3) is 4.78. The summed E-state index contributed by atoms with van der Waals surface area (Å²) in [6.45, 7) is 0.183. The number of hydrogen-bond acceptors (Lipinski definition) is 4. The van der Waals surface area contributed by atoms with Crippen LogP contribution in [0.3, 0.4) is 0 Å². The van der Waals surface area contributed by atoms with Gasteiger partial charge in [0.15, 0.2) is 5.43 Å². The maximum atomic E-state index is 13.3. The van der Waals surface area contributed by atoms with Crippen LogP contribution < -0.4 is 15.5 Å². The first-order valence-electron chi connectivity index (χ1n) is 9.97. The van der Waals surface area contributed by atoms with Crippen LogP contribution in [0.5, 0.6) is 5.75 Å². The SMILES string of the molecule is COc1cccc(NC(=O)N(Cc2ccc(F)cc2)Cc2coc3ccccc3c2=O)c1. The first kappa shape index (κ1) is 21.1. The summed E-state index contributed by atoms with van der Waals surface area (Å²) in [7, 11) is 1.54. The summed E-state index contributed by atoms with van der Waals surface area (Å²) in [5, 5.41) is 3.27. The molecule has 1 N–H and O–H groups in total. The summed E-state index contributed by atoms with van der Waals surface area (Å²) < 4.78 is 24.1. The quantitative estimate of drug-likeness (QED) is 0.456. The maximum absolute atomic E-state index is 13.3. The van der Waals surface area contributed by atoms with E-state index in [1.54, 1.807) is 67.8 Å². The van der Waals surface area contributed by atoms with E-state index in [1.807, 2.05) is 0 Å². The minimum Gasteiger partial charge on any atom is -0.497 e. The van der Waals surface area contributed by atoms with Gasteiger partial charge in [-0.3, -0.25) is 4.79 Å². The van der Waals surface area contributed by atoms with E-state index < -0.39 is 6.03 Å². The Balaban J connectivity index is 1.64. The van der Waals surface area contributed by atoms with Crippen molar-refractivity contribution < 1.29 is 18.3 Å². The fourth-order valence-electron chi connectivity index (χ4n) is 3.35. The topological polar surface area (TPSA) is 71.8 Å². The lowest BCUT2D eigenvalue weighted by molar-refractivity contribution is 0.206. The normalized spacial score (nSPS) is 10.7. The highest BCUT2D eigenvalue weighted by Gasteiger charge is 2.18.